The molecule has 0 aliphatic carbocycles. The minimum Gasteiger partial charge on any atom is -0.192 e. The molecule has 0 aromatic heterocycles. The quantitative estimate of drug-likeness (QED) is 0.195. The SMILES string of the molecule is N#Cc1ccc(-c2ccc3ccc4c(-c5ccc(C#N)cc5)cc(-c5cccc6c5ccc5ccccc56)c5ccc2c3c45)cc1. The number of benzene rings is 9. The molecular weight excluding hydrogens is 556 g/mol. The van der Waals surface area contributed by atoms with Crippen LogP contribution in [0.3, 0.4) is 0 Å². The van der Waals surface area contributed by atoms with E-state index in [9.17, 15) is 10.5 Å². The van der Waals surface area contributed by atoms with E-state index in [4.69, 9.17) is 0 Å². The second-order valence-electron chi connectivity index (χ2n) is 11.9. The molecule has 9 rings (SSSR count). The Balaban J connectivity index is 1.42. The van der Waals surface area contributed by atoms with E-state index in [2.05, 4.69) is 121 Å². The Hall–Kier alpha value is -6.48. The number of rotatable bonds is 3. The predicted molar refractivity (Wildman–Crippen MR) is 191 cm³/mol. The summed E-state index contributed by atoms with van der Waals surface area (Å²) in [7, 11) is 0. The first kappa shape index (κ1) is 26.0. The van der Waals surface area contributed by atoms with Crippen LogP contribution in [0, 0.1) is 22.7 Å². The van der Waals surface area contributed by atoms with Crippen LogP contribution < -0.4 is 0 Å². The Morgan fingerprint density at radius 1 is 0.326 bits per heavy atom. The second kappa shape index (κ2) is 10.0. The summed E-state index contributed by atoms with van der Waals surface area (Å²) in [6.07, 6.45) is 0. The van der Waals surface area contributed by atoms with E-state index in [-0.39, 0.29) is 0 Å². The highest BCUT2D eigenvalue weighted by molar-refractivity contribution is 6.30. The van der Waals surface area contributed by atoms with Gasteiger partial charge in [-0.2, -0.15) is 10.5 Å². The molecule has 9 aromatic rings. The Labute approximate surface area is 266 Å². The van der Waals surface area contributed by atoms with Crippen LogP contribution in [-0.2, 0) is 0 Å². The first-order valence-electron chi connectivity index (χ1n) is 15.4. The molecule has 0 amide bonds. The highest BCUT2D eigenvalue weighted by atomic mass is 14.3. The molecule has 0 bridgehead atoms. The average Bonchev–Trinajstić information content (AvgIpc) is 3.13. The molecule has 210 valence electrons. The largest absolute Gasteiger partial charge is 0.192 e. The fourth-order valence-electron chi connectivity index (χ4n) is 7.33. The number of nitrogens with zero attached hydrogens (tertiary/aromatic N) is 2. The molecule has 0 fully saturated rings. The second-order valence-corrected chi connectivity index (χ2v) is 11.9. The van der Waals surface area contributed by atoms with Crippen molar-refractivity contribution in [2.24, 2.45) is 0 Å². The topological polar surface area (TPSA) is 47.6 Å². The van der Waals surface area contributed by atoms with E-state index in [0.29, 0.717) is 11.1 Å². The third-order valence-corrected chi connectivity index (χ3v) is 9.51. The standard InChI is InChI=1S/C44H24N2/c45-25-27-8-12-30(13-9-27)34-19-17-32-18-21-39-41(31-14-10-28(26-46)11-15-31)24-42(40-23-22-38(34)43(32)44(39)40)36-7-3-6-35-33-5-2-1-4-29(33)16-20-37(35)36/h1-24H. The molecule has 0 saturated heterocycles. The van der Waals surface area contributed by atoms with Gasteiger partial charge in [-0.1, -0.05) is 115 Å². The molecule has 0 spiro atoms. The maximum absolute atomic E-state index is 9.51. The molecule has 0 saturated carbocycles. The van der Waals surface area contributed by atoms with Gasteiger partial charge in [0.1, 0.15) is 0 Å². The number of hydrogen-bond acceptors (Lipinski definition) is 2. The van der Waals surface area contributed by atoms with Crippen molar-refractivity contribution in [3.63, 3.8) is 0 Å². The van der Waals surface area contributed by atoms with Gasteiger partial charge in [0.2, 0.25) is 0 Å². The molecule has 0 unspecified atom stereocenters. The van der Waals surface area contributed by atoms with Gasteiger partial charge < -0.3 is 0 Å². The van der Waals surface area contributed by atoms with Crippen molar-refractivity contribution >= 4 is 53.9 Å². The van der Waals surface area contributed by atoms with Gasteiger partial charge in [-0.05, 0) is 118 Å². The number of fused-ring (bicyclic) bond motifs is 3. The lowest BCUT2D eigenvalue weighted by molar-refractivity contribution is 1.48. The predicted octanol–water partition coefficient (Wildman–Crippen LogP) is 11.6. The normalized spacial score (nSPS) is 11.4. The maximum atomic E-state index is 9.51. The van der Waals surface area contributed by atoms with Gasteiger partial charge in [-0.25, -0.2) is 0 Å². The molecule has 0 heterocycles. The minimum absolute atomic E-state index is 0.648. The molecule has 0 radical (unpaired) electrons. The van der Waals surface area contributed by atoms with Gasteiger partial charge in [0.05, 0.1) is 23.3 Å². The molecule has 2 nitrogen and oxygen atoms in total. The lowest BCUT2D eigenvalue weighted by Crippen LogP contribution is -1.93. The minimum atomic E-state index is 0.648. The monoisotopic (exact) mass is 580 g/mol. The van der Waals surface area contributed by atoms with Crippen molar-refractivity contribution in [2.45, 2.75) is 0 Å². The van der Waals surface area contributed by atoms with Crippen LogP contribution in [-0.4, -0.2) is 0 Å². The van der Waals surface area contributed by atoms with E-state index < -0.39 is 0 Å². The van der Waals surface area contributed by atoms with Crippen molar-refractivity contribution in [3.05, 3.63) is 157 Å². The van der Waals surface area contributed by atoms with Crippen molar-refractivity contribution in [1.29, 1.82) is 10.5 Å². The summed E-state index contributed by atoms with van der Waals surface area (Å²) in [6.45, 7) is 0. The Morgan fingerprint density at radius 2 is 0.891 bits per heavy atom. The molecule has 46 heavy (non-hydrogen) atoms. The third kappa shape index (κ3) is 3.82. The van der Waals surface area contributed by atoms with E-state index >= 15 is 0 Å². The zero-order valence-electron chi connectivity index (χ0n) is 24.8. The smallest absolute Gasteiger partial charge is 0.0991 e. The molecule has 2 heteroatoms. The van der Waals surface area contributed by atoms with Crippen LogP contribution in [0.15, 0.2) is 146 Å². The maximum Gasteiger partial charge on any atom is 0.0991 e. The summed E-state index contributed by atoms with van der Waals surface area (Å²) in [5, 5.41) is 31.1. The highest BCUT2D eigenvalue weighted by Crippen LogP contribution is 2.47. The molecule has 0 aliphatic rings. The lowest BCUT2D eigenvalue weighted by atomic mass is 9.83. The molecule has 9 aromatic carbocycles. The van der Waals surface area contributed by atoms with Crippen LogP contribution in [0.2, 0.25) is 0 Å². The van der Waals surface area contributed by atoms with Crippen molar-refractivity contribution < 1.29 is 0 Å². The Bertz CT molecular complexity index is 2740. The number of hydrogen-bond donors (Lipinski definition) is 0. The zero-order chi connectivity index (χ0) is 30.8. The van der Waals surface area contributed by atoms with Gasteiger partial charge >= 0.3 is 0 Å². The van der Waals surface area contributed by atoms with Crippen LogP contribution in [0.4, 0.5) is 0 Å². The summed E-state index contributed by atoms with van der Waals surface area (Å²) < 4.78 is 0. The first-order valence-corrected chi connectivity index (χ1v) is 15.4. The fourth-order valence-corrected chi connectivity index (χ4v) is 7.33. The van der Waals surface area contributed by atoms with Crippen LogP contribution in [0.25, 0.3) is 87.2 Å². The van der Waals surface area contributed by atoms with Gasteiger partial charge in [0.25, 0.3) is 0 Å². The average molecular weight is 581 g/mol. The fraction of sp³-hybridized carbons (Fsp3) is 0. The van der Waals surface area contributed by atoms with E-state index in [0.717, 1.165) is 22.3 Å². The summed E-state index contributed by atoms with van der Waals surface area (Å²) in [5.41, 5.74) is 8.14. The Morgan fingerprint density at radius 3 is 1.63 bits per heavy atom. The van der Waals surface area contributed by atoms with E-state index in [1.54, 1.807) is 0 Å². The van der Waals surface area contributed by atoms with Gasteiger partial charge in [0.15, 0.2) is 0 Å². The van der Waals surface area contributed by atoms with E-state index in [1.165, 1.54) is 65.0 Å². The van der Waals surface area contributed by atoms with Gasteiger partial charge in [0, 0.05) is 0 Å². The molecule has 0 atom stereocenters. The van der Waals surface area contributed by atoms with Crippen molar-refractivity contribution in [2.75, 3.05) is 0 Å². The lowest BCUT2D eigenvalue weighted by Gasteiger charge is -2.20. The molecule has 0 N–H and O–H groups in total. The molecule has 0 aliphatic heterocycles. The van der Waals surface area contributed by atoms with Crippen LogP contribution in [0.5, 0.6) is 0 Å². The Kier molecular flexibility index (Phi) is 5.66. The van der Waals surface area contributed by atoms with Crippen molar-refractivity contribution in [3.8, 4) is 45.5 Å². The first-order chi connectivity index (χ1) is 22.7. The molecular formula is C44H24N2. The van der Waals surface area contributed by atoms with Crippen molar-refractivity contribution in [1.82, 2.24) is 0 Å². The summed E-state index contributed by atoms with van der Waals surface area (Å²) >= 11 is 0. The van der Waals surface area contributed by atoms with E-state index in [1.807, 2.05) is 36.4 Å². The highest BCUT2D eigenvalue weighted by Gasteiger charge is 2.19. The number of nitriles is 2. The zero-order valence-corrected chi connectivity index (χ0v) is 24.8. The van der Waals surface area contributed by atoms with Gasteiger partial charge in [-0.3, -0.25) is 0 Å². The summed E-state index contributed by atoms with van der Waals surface area (Å²) in [5.74, 6) is 0. The van der Waals surface area contributed by atoms with Gasteiger partial charge in [-0.15, -0.1) is 0 Å². The summed E-state index contributed by atoms with van der Waals surface area (Å²) in [6, 6.07) is 55.8. The van der Waals surface area contributed by atoms with Crippen LogP contribution >= 0.6 is 0 Å². The third-order valence-electron chi connectivity index (χ3n) is 9.51. The van der Waals surface area contributed by atoms with Crippen LogP contribution in [0.1, 0.15) is 11.1 Å². The summed E-state index contributed by atoms with van der Waals surface area (Å²) in [4.78, 5) is 0.